The van der Waals surface area contributed by atoms with Crippen LogP contribution in [0.25, 0.3) is 5.76 Å². The third-order valence-electron chi connectivity index (χ3n) is 5.78. The SMILES string of the molecule is COc1cc(OC)c(/C(O)=C2\C(=O)C(=O)N(c3ccc4c(c3)OCO4)C2c2ccccn2)cc1Cl. The number of nitrogens with zero attached hydrogens (tertiary/aromatic N) is 2. The maximum absolute atomic E-state index is 13.3. The van der Waals surface area contributed by atoms with Crippen LogP contribution < -0.4 is 23.8 Å². The van der Waals surface area contributed by atoms with Gasteiger partial charge in [0.1, 0.15) is 23.3 Å². The molecule has 1 fully saturated rings. The molecule has 0 radical (unpaired) electrons. The number of benzene rings is 2. The smallest absolute Gasteiger partial charge is 0.300 e. The minimum absolute atomic E-state index is 0.0549. The predicted octanol–water partition coefficient (Wildman–Crippen LogP) is 4.11. The molecule has 0 aliphatic carbocycles. The number of halogens is 1. The lowest BCUT2D eigenvalue weighted by molar-refractivity contribution is -0.132. The Morgan fingerprint density at radius 2 is 1.83 bits per heavy atom. The van der Waals surface area contributed by atoms with Gasteiger partial charge in [-0.05, 0) is 30.3 Å². The highest BCUT2D eigenvalue weighted by molar-refractivity contribution is 6.51. The highest BCUT2D eigenvalue weighted by Crippen LogP contribution is 2.46. The predicted molar refractivity (Wildman–Crippen MR) is 126 cm³/mol. The van der Waals surface area contributed by atoms with E-state index in [0.29, 0.717) is 28.6 Å². The molecule has 35 heavy (non-hydrogen) atoms. The number of ketones is 1. The number of hydrogen-bond donors (Lipinski definition) is 1. The first-order valence-electron chi connectivity index (χ1n) is 10.5. The van der Waals surface area contributed by atoms with Crippen molar-refractivity contribution >= 4 is 34.7 Å². The number of carbonyl (C=O) groups is 2. The van der Waals surface area contributed by atoms with E-state index in [1.54, 1.807) is 42.6 Å². The molecule has 0 spiro atoms. The van der Waals surface area contributed by atoms with Crippen LogP contribution in [0.4, 0.5) is 5.69 Å². The molecule has 178 valence electrons. The number of hydrogen-bond acceptors (Lipinski definition) is 8. The quantitative estimate of drug-likeness (QED) is 0.321. The fourth-order valence-electron chi connectivity index (χ4n) is 4.14. The van der Waals surface area contributed by atoms with Gasteiger partial charge in [0.05, 0.1) is 36.1 Å². The summed E-state index contributed by atoms with van der Waals surface area (Å²) in [4.78, 5) is 32.3. The second kappa shape index (κ2) is 8.84. The standard InChI is InChI=1S/C25H19ClN2O7/c1-32-18-11-19(33-2)15(26)10-14(18)23(29)21-22(16-5-3-4-8-27-16)28(25(31)24(21)30)13-6-7-17-20(9-13)35-12-34-17/h3-11,22,29H,12H2,1-2H3/b23-21+. The molecule has 1 atom stereocenters. The van der Waals surface area contributed by atoms with Crippen molar-refractivity contribution in [3.8, 4) is 23.0 Å². The zero-order valence-electron chi connectivity index (χ0n) is 18.6. The molecule has 1 aromatic heterocycles. The molecule has 3 heterocycles. The van der Waals surface area contributed by atoms with E-state index in [4.69, 9.17) is 30.5 Å². The fourth-order valence-corrected chi connectivity index (χ4v) is 4.38. The Balaban J connectivity index is 1.72. The minimum Gasteiger partial charge on any atom is -0.507 e. The molecule has 2 aliphatic heterocycles. The summed E-state index contributed by atoms with van der Waals surface area (Å²) < 4.78 is 21.4. The number of aliphatic hydroxyl groups excluding tert-OH is 1. The largest absolute Gasteiger partial charge is 0.507 e. The second-order valence-electron chi connectivity index (χ2n) is 7.65. The number of ether oxygens (including phenoxy) is 4. The molecular weight excluding hydrogens is 476 g/mol. The zero-order chi connectivity index (χ0) is 24.7. The number of fused-ring (bicyclic) bond motifs is 1. The first-order valence-corrected chi connectivity index (χ1v) is 10.9. The van der Waals surface area contributed by atoms with E-state index in [2.05, 4.69) is 4.98 Å². The Kier molecular flexibility index (Phi) is 5.70. The number of rotatable bonds is 5. The topological polar surface area (TPSA) is 107 Å². The highest BCUT2D eigenvalue weighted by atomic mass is 35.5. The van der Waals surface area contributed by atoms with Crippen molar-refractivity contribution in [3.63, 3.8) is 0 Å². The van der Waals surface area contributed by atoms with Crippen molar-refractivity contribution < 1.29 is 33.6 Å². The maximum Gasteiger partial charge on any atom is 0.300 e. The maximum atomic E-state index is 13.3. The van der Waals surface area contributed by atoms with Crippen LogP contribution >= 0.6 is 11.6 Å². The van der Waals surface area contributed by atoms with Crippen LogP contribution in [0.15, 0.2) is 60.3 Å². The summed E-state index contributed by atoms with van der Waals surface area (Å²) in [5, 5.41) is 11.6. The van der Waals surface area contributed by atoms with Crippen LogP contribution in [-0.2, 0) is 9.59 Å². The highest BCUT2D eigenvalue weighted by Gasteiger charge is 2.48. The van der Waals surface area contributed by atoms with Gasteiger partial charge in [0.2, 0.25) is 6.79 Å². The van der Waals surface area contributed by atoms with Gasteiger partial charge in [0, 0.05) is 24.0 Å². The van der Waals surface area contributed by atoms with Gasteiger partial charge in [-0.25, -0.2) is 0 Å². The van der Waals surface area contributed by atoms with Gasteiger partial charge in [-0.3, -0.25) is 19.5 Å². The van der Waals surface area contributed by atoms with Crippen LogP contribution in [0.5, 0.6) is 23.0 Å². The van der Waals surface area contributed by atoms with E-state index in [1.165, 1.54) is 31.3 Å². The van der Waals surface area contributed by atoms with E-state index < -0.39 is 23.5 Å². The normalized spacial score (nSPS) is 18.1. The summed E-state index contributed by atoms with van der Waals surface area (Å²) in [5.41, 5.74) is 0.726. The summed E-state index contributed by atoms with van der Waals surface area (Å²) in [6.45, 7) is 0.0549. The molecule has 1 unspecified atom stereocenters. The lowest BCUT2D eigenvalue weighted by Gasteiger charge is -2.25. The number of amides is 1. The Labute approximate surface area is 205 Å². The molecule has 1 saturated heterocycles. The minimum atomic E-state index is -1.03. The molecule has 2 aliphatic rings. The van der Waals surface area contributed by atoms with Crippen molar-refractivity contribution in [2.45, 2.75) is 6.04 Å². The number of aliphatic hydroxyl groups is 1. The number of aromatic nitrogens is 1. The fraction of sp³-hybridized carbons (Fsp3) is 0.160. The summed E-state index contributed by atoms with van der Waals surface area (Å²) in [6.07, 6.45) is 1.54. The van der Waals surface area contributed by atoms with Gasteiger partial charge in [-0.1, -0.05) is 17.7 Å². The third kappa shape index (κ3) is 3.70. The van der Waals surface area contributed by atoms with Crippen LogP contribution in [0.1, 0.15) is 17.3 Å². The molecule has 10 heteroatoms. The van der Waals surface area contributed by atoms with Gasteiger partial charge < -0.3 is 24.1 Å². The van der Waals surface area contributed by atoms with Gasteiger partial charge in [0.15, 0.2) is 11.5 Å². The number of methoxy groups -OCH3 is 2. The Morgan fingerprint density at radius 3 is 2.54 bits per heavy atom. The first-order chi connectivity index (χ1) is 16.9. The Morgan fingerprint density at radius 1 is 1.06 bits per heavy atom. The lowest BCUT2D eigenvalue weighted by Crippen LogP contribution is -2.29. The molecular formula is C25H19ClN2O7. The van der Waals surface area contributed by atoms with E-state index in [9.17, 15) is 14.7 Å². The van der Waals surface area contributed by atoms with Gasteiger partial charge in [-0.15, -0.1) is 0 Å². The van der Waals surface area contributed by atoms with Crippen molar-refractivity contribution in [1.29, 1.82) is 0 Å². The van der Waals surface area contributed by atoms with Crippen molar-refractivity contribution in [2.75, 3.05) is 25.9 Å². The van der Waals surface area contributed by atoms with Crippen molar-refractivity contribution in [2.24, 2.45) is 0 Å². The molecule has 9 nitrogen and oxygen atoms in total. The van der Waals surface area contributed by atoms with E-state index in [1.807, 2.05) is 0 Å². The summed E-state index contributed by atoms with van der Waals surface area (Å²) in [7, 11) is 2.85. The Hall–Kier alpha value is -4.24. The summed E-state index contributed by atoms with van der Waals surface area (Å²) in [5.74, 6) is -0.682. The number of anilines is 1. The van der Waals surface area contributed by atoms with Crippen molar-refractivity contribution in [3.05, 3.63) is 76.6 Å². The van der Waals surface area contributed by atoms with Gasteiger partial charge in [-0.2, -0.15) is 0 Å². The lowest BCUT2D eigenvalue weighted by atomic mass is 9.97. The molecule has 3 aromatic rings. The van der Waals surface area contributed by atoms with Crippen molar-refractivity contribution in [1.82, 2.24) is 4.98 Å². The average Bonchev–Trinajstić information content (AvgIpc) is 3.45. The second-order valence-corrected chi connectivity index (χ2v) is 8.06. The zero-order valence-corrected chi connectivity index (χ0v) is 19.4. The van der Waals surface area contributed by atoms with Crippen LogP contribution in [0, 0.1) is 0 Å². The van der Waals surface area contributed by atoms with Crippen LogP contribution in [0.2, 0.25) is 5.02 Å². The van der Waals surface area contributed by atoms with E-state index in [-0.39, 0.29) is 28.7 Å². The third-order valence-corrected chi connectivity index (χ3v) is 6.07. The van der Waals surface area contributed by atoms with E-state index >= 15 is 0 Å². The van der Waals surface area contributed by atoms with Gasteiger partial charge in [0.25, 0.3) is 11.7 Å². The molecule has 0 saturated carbocycles. The summed E-state index contributed by atoms with van der Waals surface area (Å²) >= 11 is 6.29. The summed E-state index contributed by atoms with van der Waals surface area (Å²) in [6, 6.07) is 11.9. The average molecular weight is 495 g/mol. The first kappa shape index (κ1) is 22.5. The molecule has 0 bridgehead atoms. The van der Waals surface area contributed by atoms with Crippen LogP contribution in [0.3, 0.4) is 0 Å². The number of pyridine rings is 1. The van der Waals surface area contributed by atoms with Crippen LogP contribution in [-0.4, -0.2) is 42.8 Å². The monoisotopic (exact) mass is 494 g/mol. The molecule has 5 rings (SSSR count). The van der Waals surface area contributed by atoms with Gasteiger partial charge >= 0.3 is 0 Å². The van der Waals surface area contributed by atoms with E-state index in [0.717, 1.165) is 0 Å². The number of Topliss-reactive ketones (excluding diaryl/α,β-unsaturated/α-hetero) is 1. The number of carbonyl (C=O) groups excluding carboxylic acids is 2. The Bertz CT molecular complexity index is 1370. The molecule has 1 amide bonds. The molecule has 1 N–H and O–H groups in total. The molecule has 2 aromatic carbocycles.